The van der Waals surface area contributed by atoms with Crippen LogP contribution in [0.25, 0.3) is 0 Å². The molecular weight excluding hydrogens is 393 g/mol. The molecule has 0 unspecified atom stereocenters. The van der Waals surface area contributed by atoms with Crippen LogP contribution < -0.4 is 5.73 Å². The van der Waals surface area contributed by atoms with Crippen LogP contribution in [-0.2, 0) is 16.9 Å². The van der Waals surface area contributed by atoms with Crippen molar-refractivity contribution >= 4 is 35.1 Å². The molecule has 0 bridgehead atoms. The quantitative estimate of drug-likeness (QED) is 0.684. The zero-order valence-electron chi connectivity index (χ0n) is 14.8. The maximum absolute atomic E-state index is 13.7. The molecule has 1 aliphatic rings. The first-order chi connectivity index (χ1) is 13.5. The largest absolute Gasteiger partial charge is 0.369 e. The highest BCUT2D eigenvalue weighted by atomic mass is 35.5. The van der Waals surface area contributed by atoms with Gasteiger partial charge < -0.3 is 5.73 Å². The Bertz CT molecular complexity index is 992. The Balaban J connectivity index is 1.83. The summed E-state index contributed by atoms with van der Waals surface area (Å²) in [5.41, 5.74) is 7.14. The van der Waals surface area contributed by atoms with Crippen molar-refractivity contribution in [1.29, 1.82) is 0 Å². The van der Waals surface area contributed by atoms with Gasteiger partial charge in [0.1, 0.15) is 0 Å². The second-order valence-electron chi connectivity index (χ2n) is 6.50. The van der Waals surface area contributed by atoms with Gasteiger partial charge in [-0.2, -0.15) is 0 Å². The van der Waals surface area contributed by atoms with E-state index in [1.807, 2.05) is 60.7 Å². The zero-order valence-corrected chi connectivity index (χ0v) is 16.4. The molecule has 6 heteroatoms. The summed E-state index contributed by atoms with van der Waals surface area (Å²) in [6, 6.07) is 24.1. The maximum atomic E-state index is 13.7. The molecule has 28 heavy (non-hydrogen) atoms. The van der Waals surface area contributed by atoms with E-state index in [-0.39, 0.29) is 18.4 Å². The van der Waals surface area contributed by atoms with Crippen molar-refractivity contribution in [2.45, 2.75) is 12.1 Å². The van der Waals surface area contributed by atoms with Gasteiger partial charge in [0.25, 0.3) is 5.91 Å². The molecule has 2 N–H and O–H groups in total. The number of guanidine groups is 1. The van der Waals surface area contributed by atoms with Crippen molar-refractivity contribution in [3.8, 4) is 0 Å². The third-order valence-corrected chi connectivity index (χ3v) is 5.58. The lowest BCUT2D eigenvalue weighted by atomic mass is 9.83. The van der Waals surface area contributed by atoms with Gasteiger partial charge in [0.2, 0.25) is 0 Å². The lowest BCUT2D eigenvalue weighted by Crippen LogP contribution is -2.43. The van der Waals surface area contributed by atoms with E-state index in [1.54, 1.807) is 18.2 Å². The summed E-state index contributed by atoms with van der Waals surface area (Å²) in [5.74, 6) is -0.105. The number of nitrogens with zero attached hydrogens (tertiary/aromatic N) is 2. The smallest absolute Gasteiger partial charge is 0.266 e. The lowest BCUT2D eigenvalue weighted by molar-refractivity contribution is -0.130. The number of halogens is 2. The molecule has 0 atom stereocenters. The van der Waals surface area contributed by atoms with Crippen molar-refractivity contribution in [2.24, 2.45) is 10.7 Å². The molecule has 1 aliphatic heterocycles. The second-order valence-corrected chi connectivity index (χ2v) is 7.32. The highest BCUT2D eigenvalue weighted by Gasteiger charge is 2.50. The van der Waals surface area contributed by atoms with Crippen LogP contribution >= 0.6 is 23.2 Å². The number of carbonyl (C=O) groups is 1. The fourth-order valence-corrected chi connectivity index (χ4v) is 3.99. The maximum Gasteiger partial charge on any atom is 0.266 e. The SMILES string of the molecule is NC1=NC(c2ccccc2)(c2ccccc2)C(=O)N1Cc1c(Cl)cccc1Cl. The third-order valence-electron chi connectivity index (χ3n) is 4.87. The van der Waals surface area contributed by atoms with Crippen LogP contribution in [0.15, 0.2) is 83.9 Å². The molecule has 4 rings (SSSR count). The van der Waals surface area contributed by atoms with Gasteiger partial charge >= 0.3 is 0 Å². The summed E-state index contributed by atoms with van der Waals surface area (Å²) >= 11 is 12.6. The minimum atomic E-state index is -1.24. The Hall–Kier alpha value is -2.82. The van der Waals surface area contributed by atoms with E-state index in [0.29, 0.717) is 15.6 Å². The zero-order chi connectivity index (χ0) is 19.7. The van der Waals surface area contributed by atoms with Crippen LogP contribution in [0.5, 0.6) is 0 Å². The van der Waals surface area contributed by atoms with Crippen LogP contribution in [0.2, 0.25) is 10.0 Å². The van der Waals surface area contributed by atoms with E-state index < -0.39 is 5.54 Å². The number of aliphatic imine (C=N–C) groups is 1. The van der Waals surface area contributed by atoms with Gasteiger partial charge in [0.15, 0.2) is 11.5 Å². The molecule has 1 amide bonds. The molecule has 0 radical (unpaired) electrons. The molecule has 0 saturated carbocycles. The van der Waals surface area contributed by atoms with E-state index in [2.05, 4.69) is 4.99 Å². The minimum absolute atomic E-state index is 0.133. The van der Waals surface area contributed by atoms with Gasteiger partial charge in [-0.3, -0.25) is 9.69 Å². The number of benzene rings is 3. The summed E-state index contributed by atoms with van der Waals surface area (Å²) < 4.78 is 0. The van der Waals surface area contributed by atoms with Crippen molar-refractivity contribution in [3.05, 3.63) is 106 Å². The summed E-state index contributed by atoms with van der Waals surface area (Å²) in [4.78, 5) is 19.8. The first kappa shape index (κ1) is 18.5. The van der Waals surface area contributed by atoms with Crippen LogP contribution in [0.1, 0.15) is 16.7 Å². The van der Waals surface area contributed by atoms with Gasteiger partial charge in [0.05, 0.1) is 6.54 Å². The summed E-state index contributed by atoms with van der Waals surface area (Å²) in [7, 11) is 0. The Kier molecular flexibility index (Phi) is 4.84. The first-order valence-electron chi connectivity index (χ1n) is 8.75. The molecule has 140 valence electrons. The highest BCUT2D eigenvalue weighted by Crippen LogP contribution is 2.40. The third kappa shape index (κ3) is 2.95. The second kappa shape index (κ2) is 7.30. The molecule has 0 fully saturated rings. The van der Waals surface area contributed by atoms with Crippen LogP contribution in [0, 0.1) is 0 Å². The van der Waals surface area contributed by atoms with Gasteiger partial charge in [-0.1, -0.05) is 89.9 Å². The Morgan fingerprint density at radius 2 is 1.32 bits per heavy atom. The number of rotatable bonds is 4. The normalized spacial score (nSPS) is 15.6. The van der Waals surface area contributed by atoms with Crippen LogP contribution in [-0.4, -0.2) is 16.8 Å². The monoisotopic (exact) mass is 409 g/mol. The number of carbonyl (C=O) groups excluding carboxylic acids is 1. The van der Waals surface area contributed by atoms with E-state index in [0.717, 1.165) is 11.1 Å². The fraction of sp³-hybridized carbons (Fsp3) is 0.0909. The fourth-order valence-electron chi connectivity index (χ4n) is 3.48. The average molecular weight is 410 g/mol. The predicted molar refractivity (Wildman–Crippen MR) is 112 cm³/mol. The van der Waals surface area contributed by atoms with Gasteiger partial charge in [0, 0.05) is 15.6 Å². The van der Waals surface area contributed by atoms with Gasteiger partial charge in [-0.15, -0.1) is 0 Å². The minimum Gasteiger partial charge on any atom is -0.369 e. The topological polar surface area (TPSA) is 58.7 Å². The lowest BCUT2D eigenvalue weighted by Gasteiger charge is -2.27. The molecule has 0 aromatic heterocycles. The Labute approximate surface area is 173 Å². The first-order valence-corrected chi connectivity index (χ1v) is 9.51. The van der Waals surface area contributed by atoms with E-state index in [9.17, 15) is 4.79 Å². The molecule has 3 aromatic rings. The Morgan fingerprint density at radius 3 is 1.82 bits per heavy atom. The van der Waals surface area contributed by atoms with Crippen LogP contribution in [0.3, 0.4) is 0 Å². The average Bonchev–Trinajstić information content (AvgIpc) is 2.97. The van der Waals surface area contributed by atoms with Gasteiger partial charge in [-0.05, 0) is 23.3 Å². The summed E-state index contributed by atoms with van der Waals surface area (Å²) in [5, 5.41) is 0.954. The molecule has 0 spiro atoms. The number of hydrogen-bond donors (Lipinski definition) is 1. The predicted octanol–water partition coefficient (Wildman–Crippen LogP) is 4.59. The van der Waals surface area contributed by atoms with Crippen LogP contribution in [0.4, 0.5) is 0 Å². The van der Waals surface area contributed by atoms with E-state index in [1.165, 1.54) is 4.90 Å². The summed E-state index contributed by atoms with van der Waals surface area (Å²) in [6.07, 6.45) is 0. The van der Waals surface area contributed by atoms with Gasteiger partial charge in [-0.25, -0.2) is 4.99 Å². The number of amides is 1. The van der Waals surface area contributed by atoms with E-state index in [4.69, 9.17) is 28.9 Å². The van der Waals surface area contributed by atoms with E-state index >= 15 is 0 Å². The number of hydrogen-bond acceptors (Lipinski definition) is 3. The molecule has 3 aromatic carbocycles. The molecule has 0 aliphatic carbocycles. The standard InChI is InChI=1S/C22H17Cl2N3O/c23-18-12-7-13-19(24)17(18)14-27-20(28)22(26-21(27)25,15-8-3-1-4-9-15)16-10-5-2-6-11-16/h1-13H,14H2,(H2,25,26). The van der Waals surface area contributed by atoms with Crippen molar-refractivity contribution in [3.63, 3.8) is 0 Å². The molecule has 4 nitrogen and oxygen atoms in total. The van der Waals surface area contributed by atoms with Crippen molar-refractivity contribution in [2.75, 3.05) is 0 Å². The Morgan fingerprint density at radius 1 is 0.821 bits per heavy atom. The number of nitrogens with two attached hydrogens (primary N) is 1. The highest BCUT2D eigenvalue weighted by molar-refractivity contribution is 6.36. The van der Waals surface area contributed by atoms with Crippen molar-refractivity contribution < 1.29 is 4.79 Å². The molecule has 0 saturated heterocycles. The molecule has 1 heterocycles. The van der Waals surface area contributed by atoms with Crippen molar-refractivity contribution in [1.82, 2.24) is 4.90 Å². The summed E-state index contributed by atoms with van der Waals surface area (Å²) in [6.45, 7) is 0.147. The molecular formula is C22H17Cl2N3O.